The highest BCUT2D eigenvalue weighted by Crippen LogP contribution is 2.18. The standard InChI is InChI=1S/C22H46NO/c1-3-5-7-9-10-11-12-13-14-16-18-23(17-15-8-6-4-2)19-21-24-22-20-23/h3-22H2,1-2H3/q+1. The quantitative estimate of drug-likeness (QED) is 0.235. The fourth-order valence-electron chi connectivity index (χ4n) is 4.10. The Hall–Kier alpha value is -0.0800. The van der Waals surface area contributed by atoms with E-state index in [0.29, 0.717) is 0 Å². The van der Waals surface area contributed by atoms with Crippen molar-refractivity contribution in [2.45, 2.75) is 104 Å². The second kappa shape index (κ2) is 15.2. The van der Waals surface area contributed by atoms with Crippen LogP contribution in [0, 0.1) is 0 Å². The highest BCUT2D eigenvalue weighted by atomic mass is 16.5. The second-order valence-corrected chi connectivity index (χ2v) is 8.09. The lowest BCUT2D eigenvalue weighted by atomic mass is 10.1. The average Bonchev–Trinajstić information content (AvgIpc) is 2.61. The van der Waals surface area contributed by atoms with E-state index >= 15 is 0 Å². The number of ether oxygens (including phenoxy) is 1. The van der Waals surface area contributed by atoms with Crippen molar-refractivity contribution in [2.75, 3.05) is 39.4 Å². The third-order valence-electron chi connectivity index (χ3n) is 5.89. The Balaban J connectivity index is 2.05. The van der Waals surface area contributed by atoms with E-state index in [1.54, 1.807) is 0 Å². The van der Waals surface area contributed by atoms with Crippen LogP contribution in [0.3, 0.4) is 0 Å². The van der Waals surface area contributed by atoms with Crippen molar-refractivity contribution in [3.63, 3.8) is 0 Å². The third kappa shape index (κ3) is 10.7. The Bertz CT molecular complexity index is 261. The van der Waals surface area contributed by atoms with E-state index in [1.165, 1.54) is 121 Å². The van der Waals surface area contributed by atoms with E-state index in [1.807, 2.05) is 0 Å². The van der Waals surface area contributed by atoms with Gasteiger partial charge in [0.15, 0.2) is 0 Å². The minimum Gasteiger partial charge on any atom is -0.370 e. The molecule has 0 saturated carbocycles. The van der Waals surface area contributed by atoms with Crippen molar-refractivity contribution in [1.29, 1.82) is 0 Å². The molecule has 0 atom stereocenters. The van der Waals surface area contributed by atoms with E-state index in [0.717, 1.165) is 13.2 Å². The van der Waals surface area contributed by atoms with E-state index in [-0.39, 0.29) is 0 Å². The molecule has 1 aliphatic heterocycles. The zero-order valence-electron chi connectivity index (χ0n) is 17.0. The van der Waals surface area contributed by atoms with Gasteiger partial charge < -0.3 is 9.22 Å². The number of quaternary nitrogens is 1. The summed E-state index contributed by atoms with van der Waals surface area (Å²) < 4.78 is 7.00. The summed E-state index contributed by atoms with van der Waals surface area (Å²) in [5.74, 6) is 0. The topological polar surface area (TPSA) is 9.23 Å². The molecule has 0 aromatic rings. The van der Waals surface area contributed by atoms with Gasteiger partial charge in [0.05, 0.1) is 26.3 Å². The molecule has 2 heteroatoms. The third-order valence-corrected chi connectivity index (χ3v) is 5.89. The molecule has 2 nitrogen and oxygen atoms in total. The predicted octanol–water partition coefficient (Wildman–Crippen LogP) is 6.33. The molecule has 24 heavy (non-hydrogen) atoms. The van der Waals surface area contributed by atoms with Gasteiger partial charge in [-0.25, -0.2) is 0 Å². The molecule has 0 aromatic carbocycles. The van der Waals surface area contributed by atoms with Crippen molar-refractivity contribution >= 4 is 0 Å². The molecule has 144 valence electrons. The molecule has 0 unspecified atom stereocenters. The normalized spacial score (nSPS) is 17.2. The molecule has 0 radical (unpaired) electrons. The summed E-state index contributed by atoms with van der Waals surface area (Å²) in [5.41, 5.74) is 0. The summed E-state index contributed by atoms with van der Waals surface area (Å²) in [6.07, 6.45) is 20.1. The summed E-state index contributed by atoms with van der Waals surface area (Å²) in [6.45, 7) is 11.9. The lowest BCUT2D eigenvalue weighted by Gasteiger charge is -2.41. The molecular weight excluding hydrogens is 294 g/mol. The molecular formula is C22H46NO+. The number of morpholine rings is 1. The van der Waals surface area contributed by atoms with Crippen molar-refractivity contribution in [1.82, 2.24) is 0 Å². The van der Waals surface area contributed by atoms with E-state index in [4.69, 9.17) is 4.74 Å². The van der Waals surface area contributed by atoms with E-state index in [2.05, 4.69) is 13.8 Å². The van der Waals surface area contributed by atoms with Crippen LogP contribution in [0.15, 0.2) is 0 Å². The van der Waals surface area contributed by atoms with Crippen LogP contribution in [0.4, 0.5) is 0 Å². The van der Waals surface area contributed by atoms with Crippen LogP contribution in [0.25, 0.3) is 0 Å². The van der Waals surface area contributed by atoms with Crippen LogP contribution in [0.2, 0.25) is 0 Å². The molecule has 0 bridgehead atoms. The zero-order valence-corrected chi connectivity index (χ0v) is 17.0. The van der Waals surface area contributed by atoms with E-state index < -0.39 is 0 Å². The van der Waals surface area contributed by atoms with Gasteiger partial charge in [-0.3, -0.25) is 0 Å². The summed E-state index contributed by atoms with van der Waals surface area (Å²) in [5, 5.41) is 0. The fourth-order valence-corrected chi connectivity index (χ4v) is 4.10. The van der Waals surface area contributed by atoms with Crippen molar-refractivity contribution in [2.24, 2.45) is 0 Å². The van der Waals surface area contributed by atoms with Crippen LogP contribution in [-0.4, -0.2) is 43.9 Å². The van der Waals surface area contributed by atoms with Gasteiger partial charge >= 0.3 is 0 Å². The monoisotopic (exact) mass is 340 g/mol. The van der Waals surface area contributed by atoms with Crippen LogP contribution >= 0.6 is 0 Å². The molecule has 0 aliphatic carbocycles. The highest BCUT2D eigenvalue weighted by molar-refractivity contribution is 4.54. The Kier molecular flexibility index (Phi) is 13.9. The summed E-state index contributed by atoms with van der Waals surface area (Å²) >= 11 is 0. The lowest BCUT2D eigenvalue weighted by molar-refractivity contribution is -0.935. The van der Waals surface area contributed by atoms with Crippen molar-refractivity contribution in [3.8, 4) is 0 Å². The molecule has 0 spiro atoms. The summed E-state index contributed by atoms with van der Waals surface area (Å²) in [6, 6.07) is 0. The minimum absolute atomic E-state index is 0.992. The molecule has 1 aliphatic rings. The Labute approximate surface area is 152 Å². The van der Waals surface area contributed by atoms with Gasteiger partial charge in [-0.1, -0.05) is 78.1 Å². The number of hydrogen-bond donors (Lipinski definition) is 0. The van der Waals surface area contributed by atoms with Crippen LogP contribution in [-0.2, 0) is 4.74 Å². The average molecular weight is 341 g/mol. The predicted molar refractivity (Wildman–Crippen MR) is 107 cm³/mol. The van der Waals surface area contributed by atoms with Crippen molar-refractivity contribution < 1.29 is 9.22 Å². The maximum Gasteiger partial charge on any atom is 0.102 e. The number of hydrogen-bond acceptors (Lipinski definition) is 1. The van der Waals surface area contributed by atoms with Gasteiger partial charge in [-0.05, 0) is 25.7 Å². The molecule has 1 fully saturated rings. The first-order valence-corrected chi connectivity index (χ1v) is 11.3. The SMILES string of the molecule is CCCCCCCCCCCC[N+]1(CCCCCC)CCOCC1. The van der Waals surface area contributed by atoms with Gasteiger partial charge in [0, 0.05) is 0 Å². The van der Waals surface area contributed by atoms with Gasteiger partial charge in [0.2, 0.25) is 0 Å². The van der Waals surface area contributed by atoms with Gasteiger partial charge in [0.25, 0.3) is 0 Å². The van der Waals surface area contributed by atoms with Crippen molar-refractivity contribution in [3.05, 3.63) is 0 Å². The maximum absolute atomic E-state index is 5.64. The molecule has 0 aromatic heterocycles. The fraction of sp³-hybridized carbons (Fsp3) is 1.00. The molecule has 1 heterocycles. The highest BCUT2D eigenvalue weighted by Gasteiger charge is 2.29. The van der Waals surface area contributed by atoms with E-state index in [9.17, 15) is 0 Å². The number of rotatable bonds is 16. The first-order chi connectivity index (χ1) is 11.8. The maximum atomic E-state index is 5.64. The first kappa shape index (κ1) is 22.0. The van der Waals surface area contributed by atoms with Crippen LogP contribution in [0.1, 0.15) is 104 Å². The zero-order chi connectivity index (χ0) is 17.3. The minimum atomic E-state index is 0.992. The summed E-state index contributed by atoms with van der Waals surface area (Å²) in [4.78, 5) is 0. The molecule has 1 saturated heterocycles. The molecule has 0 N–H and O–H groups in total. The van der Waals surface area contributed by atoms with Gasteiger partial charge in [-0.2, -0.15) is 0 Å². The van der Waals surface area contributed by atoms with Gasteiger partial charge in [-0.15, -0.1) is 0 Å². The Morgan fingerprint density at radius 2 is 0.917 bits per heavy atom. The Morgan fingerprint density at radius 1 is 0.542 bits per heavy atom. The number of nitrogens with zero attached hydrogens (tertiary/aromatic N) is 1. The molecule has 0 amide bonds. The smallest absolute Gasteiger partial charge is 0.102 e. The first-order valence-electron chi connectivity index (χ1n) is 11.3. The number of unbranched alkanes of at least 4 members (excludes halogenated alkanes) is 12. The molecule has 1 rings (SSSR count). The summed E-state index contributed by atoms with van der Waals surface area (Å²) in [7, 11) is 0. The van der Waals surface area contributed by atoms with Gasteiger partial charge in [0.1, 0.15) is 13.1 Å². The Morgan fingerprint density at radius 3 is 1.38 bits per heavy atom. The largest absolute Gasteiger partial charge is 0.370 e. The van der Waals surface area contributed by atoms with Crippen LogP contribution in [0.5, 0.6) is 0 Å². The van der Waals surface area contributed by atoms with Crippen LogP contribution < -0.4 is 0 Å². The second-order valence-electron chi connectivity index (χ2n) is 8.09. The lowest BCUT2D eigenvalue weighted by Crippen LogP contribution is -2.56.